The molecular weight excluding hydrogens is 248 g/mol. The minimum Gasteiger partial charge on any atom is -0.326 e. The lowest BCUT2D eigenvalue weighted by atomic mass is 9.75. The van der Waals surface area contributed by atoms with Crippen molar-refractivity contribution in [2.75, 3.05) is 11.9 Å². The predicted octanol–water partition coefficient (Wildman–Crippen LogP) is 3.71. The van der Waals surface area contributed by atoms with Crippen LogP contribution in [0.4, 0.5) is 5.69 Å². The van der Waals surface area contributed by atoms with Gasteiger partial charge in [-0.25, -0.2) is 0 Å². The fraction of sp³-hybridized carbons (Fsp3) is 0.588. The van der Waals surface area contributed by atoms with Crippen LogP contribution in [0.25, 0.3) is 0 Å². The molecule has 0 aromatic heterocycles. The van der Waals surface area contributed by atoms with Gasteiger partial charge < -0.3 is 10.6 Å². The minimum absolute atomic E-state index is 0.177. The molecule has 20 heavy (non-hydrogen) atoms. The van der Waals surface area contributed by atoms with Crippen molar-refractivity contribution in [3.05, 3.63) is 29.8 Å². The second kappa shape index (κ2) is 6.89. The molecule has 0 atom stereocenters. The number of carbonyl (C=O) groups excluding carboxylic acids is 1. The van der Waals surface area contributed by atoms with E-state index >= 15 is 0 Å². The summed E-state index contributed by atoms with van der Waals surface area (Å²) in [5, 5.41) is 6.37. The van der Waals surface area contributed by atoms with Gasteiger partial charge in [-0.3, -0.25) is 4.79 Å². The van der Waals surface area contributed by atoms with Crippen molar-refractivity contribution in [2.24, 2.45) is 5.41 Å². The Morgan fingerprint density at radius 1 is 1.15 bits per heavy atom. The highest BCUT2D eigenvalue weighted by atomic mass is 16.2. The monoisotopic (exact) mass is 274 g/mol. The number of hydrogen-bond donors (Lipinski definition) is 2. The van der Waals surface area contributed by atoms with E-state index in [1.165, 1.54) is 24.8 Å². The van der Waals surface area contributed by atoms with Crippen LogP contribution in [0.5, 0.6) is 0 Å². The Kier molecular flexibility index (Phi) is 5.18. The summed E-state index contributed by atoms with van der Waals surface area (Å²) in [6, 6.07) is 8.14. The molecule has 1 saturated carbocycles. The van der Waals surface area contributed by atoms with Crippen LogP contribution >= 0.6 is 0 Å². The Balaban J connectivity index is 1.93. The number of hydrogen-bond acceptors (Lipinski definition) is 2. The van der Waals surface area contributed by atoms with Gasteiger partial charge in [-0.2, -0.15) is 0 Å². The van der Waals surface area contributed by atoms with E-state index in [0.29, 0.717) is 0 Å². The maximum absolute atomic E-state index is 12.4. The molecule has 3 heteroatoms. The average Bonchev–Trinajstić information content (AvgIpc) is 2.47. The van der Waals surface area contributed by atoms with Gasteiger partial charge in [-0.15, -0.1) is 0 Å². The summed E-state index contributed by atoms with van der Waals surface area (Å²) in [5.74, 6) is 0.177. The Labute approximate surface area is 122 Å². The first-order chi connectivity index (χ1) is 9.64. The molecule has 1 aliphatic carbocycles. The van der Waals surface area contributed by atoms with Crippen LogP contribution in [0.2, 0.25) is 0 Å². The lowest BCUT2D eigenvalue weighted by molar-refractivity contribution is -0.126. The third kappa shape index (κ3) is 3.83. The van der Waals surface area contributed by atoms with E-state index in [4.69, 9.17) is 0 Å². The second-order valence-corrected chi connectivity index (χ2v) is 6.05. The van der Waals surface area contributed by atoms with Crippen molar-refractivity contribution in [1.29, 1.82) is 0 Å². The molecule has 2 rings (SSSR count). The van der Waals surface area contributed by atoms with Crippen molar-refractivity contribution < 1.29 is 4.79 Å². The summed E-state index contributed by atoms with van der Waals surface area (Å²) >= 11 is 0. The van der Waals surface area contributed by atoms with Gasteiger partial charge in [0.05, 0.1) is 0 Å². The molecule has 0 radical (unpaired) electrons. The molecule has 1 aromatic carbocycles. The Morgan fingerprint density at radius 3 is 2.40 bits per heavy atom. The van der Waals surface area contributed by atoms with Gasteiger partial charge in [0.1, 0.15) is 0 Å². The Hall–Kier alpha value is -1.35. The maximum atomic E-state index is 12.4. The van der Waals surface area contributed by atoms with Crippen LogP contribution in [-0.4, -0.2) is 12.5 Å². The molecule has 3 nitrogen and oxygen atoms in total. The second-order valence-electron chi connectivity index (χ2n) is 6.05. The van der Waals surface area contributed by atoms with E-state index in [1.807, 2.05) is 12.1 Å². The first kappa shape index (κ1) is 15.0. The third-order valence-corrected chi connectivity index (χ3v) is 4.30. The molecule has 0 heterocycles. The number of carbonyl (C=O) groups is 1. The van der Waals surface area contributed by atoms with Crippen LogP contribution in [-0.2, 0) is 11.3 Å². The summed E-state index contributed by atoms with van der Waals surface area (Å²) in [6.45, 7) is 6.04. The smallest absolute Gasteiger partial charge is 0.230 e. The van der Waals surface area contributed by atoms with Crippen molar-refractivity contribution in [3.63, 3.8) is 0 Å². The summed E-state index contributed by atoms with van der Waals surface area (Å²) in [5.41, 5.74) is 1.97. The van der Waals surface area contributed by atoms with Crippen LogP contribution in [0.1, 0.15) is 51.5 Å². The zero-order valence-electron chi connectivity index (χ0n) is 12.7. The summed E-state index contributed by atoms with van der Waals surface area (Å²) in [6.07, 6.45) is 5.63. The molecule has 1 fully saturated rings. The summed E-state index contributed by atoms with van der Waals surface area (Å²) in [4.78, 5) is 12.4. The molecule has 1 amide bonds. The van der Waals surface area contributed by atoms with Gasteiger partial charge in [0, 0.05) is 17.6 Å². The van der Waals surface area contributed by atoms with Crippen LogP contribution in [0.15, 0.2) is 24.3 Å². The molecule has 2 N–H and O–H groups in total. The topological polar surface area (TPSA) is 41.1 Å². The normalized spacial score (nSPS) is 17.7. The van der Waals surface area contributed by atoms with E-state index in [1.54, 1.807) is 0 Å². The number of anilines is 1. The molecule has 0 bridgehead atoms. The van der Waals surface area contributed by atoms with E-state index in [9.17, 15) is 4.79 Å². The summed E-state index contributed by atoms with van der Waals surface area (Å²) < 4.78 is 0. The van der Waals surface area contributed by atoms with Crippen molar-refractivity contribution >= 4 is 11.6 Å². The Morgan fingerprint density at radius 2 is 1.80 bits per heavy atom. The standard InChI is InChI=1S/C17H26N2O/c1-3-18-13-14-7-9-15(10-8-14)19-16(20)17(2)11-5-4-6-12-17/h7-10,18H,3-6,11-13H2,1-2H3,(H,19,20). The minimum atomic E-state index is -0.180. The molecule has 110 valence electrons. The van der Waals surface area contributed by atoms with Gasteiger partial charge in [0.2, 0.25) is 5.91 Å². The molecule has 1 aromatic rings. The predicted molar refractivity (Wildman–Crippen MR) is 83.6 cm³/mol. The summed E-state index contributed by atoms with van der Waals surface area (Å²) in [7, 11) is 0. The van der Waals surface area contributed by atoms with E-state index in [0.717, 1.165) is 31.6 Å². The first-order valence-electron chi connectivity index (χ1n) is 7.75. The highest BCUT2D eigenvalue weighted by Crippen LogP contribution is 2.36. The van der Waals surface area contributed by atoms with Crippen molar-refractivity contribution in [1.82, 2.24) is 5.32 Å². The van der Waals surface area contributed by atoms with Gasteiger partial charge in [0.15, 0.2) is 0 Å². The molecule has 0 spiro atoms. The zero-order chi connectivity index (χ0) is 14.4. The number of nitrogens with one attached hydrogen (secondary N) is 2. The maximum Gasteiger partial charge on any atom is 0.230 e. The van der Waals surface area contributed by atoms with Gasteiger partial charge >= 0.3 is 0 Å². The highest BCUT2D eigenvalue weighted by molar-refractivity contribution is 5.95. The molecule has 0 unspecified atom stereocenters. The first-order valence-corrected chi connectivity index (χ1v) is 7.75. The van der Waals surface area contributed by atoms with Gasteiger partial charge in [-0.1, -0.05) is 45.2 Å². The fourth-order valence-electron chi connectivity index (χ4n) is 2.82. The van der Waals surface area contributed by atoms with E-state index < -0.39 is 0 Å². The molecule has 1 aliphatic rings. The van der Waals surface area contributed by atoms with Crippen LogP contribution < -0.4 is 10.6 Å². The average molecular weight is 274 g/mol. The van der Waals surface area contributed by atoms with Crippen LogP contribution in [0, 0.1) is 5.41 Å². The largest absolute Gasteiger partial charge is 0.326 e. The lowest BCUT2D eigenvalue weighted by Crippen LogP contribution is -2.35. The highest BCUT2D eigenvalue weighted by Gasteiger charge is 2.34. The Bertz CT molecular complexity index is 433. The van der Waals surface area contributed by atoms with Crippen molar-refractivity contribution in [2.45, 2.75) is 52.5 Å². The molecular formula is C17H26N2O. The van der Waals surface area contributed by atoms with Gasteiger partial charge in [-0.05, 0) is 37.1 Å². The number of amides is 1. The molecule has 0 saturated heterocycles. The third-order valence-electron chi connectivity index (χ3n) is 4.30. The lowest BCUT2D eigenvalue weighted by Gasteiger charge is -2.32. The number of rotatable bonds is 5. The van der Waals surface area contributed by atoms with E-state index in [-0.39, 0.29) is 11.3 Å². The molecule has 0 aliphatic heterocycles. The zero-order valence-corrected chi connectivity index (χ0v) is 12.7. The quantitative estimate of drug-likeness (QED) is 0.859. The van der Waals surface area contributed by atoms with E-state index in [2.05, 4.69) is 36.6 Å². The SMILES string of the molecule is CCNCc1ccc(NC(=O)C2(C)CCCCC2)cc1. The van der Waals surface area contributed by atoms with Crippen molar-refractivity contribution in [3.8, 4) is 0 Å². The fourth-order valence-corrected chi connectivity index (χ4v) is 2.82. The number of benzene rings is 1. The van der Waals surface area contributed by atoms with Crippen LogP contribution in [0.3, 0.4) is 0 Å². The van der Waals surface area contributed by atoms with Gasteiger partial charge in [0.25, 0.3) is 0 Å².